The van der Waals surface area contributed by atoms with Crippen molar-refractivity contribution in [2.45, 2.75) is 26.8 Å². The maximum absolute atomic E-state index is 12.4. The van der Waals surface area contributed by atoms with Crippen molar-refractivity contribution in [3.8, 4) is 0 Å². The molecule has 0 amide bonds. The van der Waals surface area contributed by atoms with Crippen molar-refractivity contribution in [3.05, 3.63) is 94.4 Å². The molecule has 3 aromatic rings. The second-order valence-corrected chi connectivity index (χ2v) is 7.55. The van der Waals surface area contributed by atoms with Gasteiger partial charge in [-0.05, 0) is 47.9 Å². The van der Waals surface area contributed by atoms with E-state index in [4.69, 9.17) is 16.3 Å². The third-order valence-corrected chi connectivity index (χ3v) is 5.34. The predicted octanol–water partition coefficient (Wildman–Crippen LogP) is 5.86. The molecule has 6 heteroatoms. The summed E-state index contributed by atoms with van der Waals surface area (Å²) in [6, 6.07) is 13.9. The fourth-order valence-corrected chi connectivity index (χ4v) is 3.67. The van der Waals surface area contributed by atoms with Crippen LogP contribution in [0.5, 0.6) is 0 Å². The Hall–Kier alpha value is -3.44. The van der Waals surface area contributed by atoms with Crippen LogP contribution in [0.25, 0.3) is 16.8 Å². The van der Waals surface area contributed by atoms with Gasteiger partial charge in [-0.3, -0.25) is 4.68 Å². The Labute approximate surface area is 186 Å². The summed E-state index contributed by atoms with van der Waals surface area (Å²) >= 11 is 6.33. The number of aliphatic imine (C=N–C) groups is 1. The molecule has 0 bridgehead atoms. The molecule has 0 fully saturated rings. The molecular formula is C25H22ClN3O2. The SMILES string of the molecule is C/C=C(Cn1cc(/C=C2/N=C(c3ccc4ccccc4c3)OC2=O)cn1)\C(Cl)=C/CC. The van der Waals surface area contributed by atoms with Crippen molar-refractivity contribution in [2.75, 3.05) is 0 Å². The van der Waals surface area contributed by atoms with Gasteiger partial charge in [0, 0.05) is 22.4 Å². The topological polar surface area (TPSA) is 56.5 Å². The van der Waals surface area contributed by atoms with Crippen LogP contribution in [0.4, 0.5) is 0 Å². The first-order chi connectivity index (χ1) is 15.1. The molecule has 1 aliphatic rings. The number of hydrogen-bond acceptors (Lipinski definition) is 4. The zero-order chi connectivity index (χ0) is 21.8. The third-order valence-electron chi connectivity index (χ3n) is 4.94. The number of nitrogens with zero attached hydrogens (tertiary/aromatic N) is 3. The highest BCUT2D eigenvalue weighted by Crippen LogP contribution is 2.23. The van der Waals surface area contributed by atoms with Crippen molar-refractivity contribution in [1.29, 1.82) is 0 Å². The Morgan fingerprint density at radius 2 is 2.00 bits per heavy atom. The number of esters is 1. The lowest BCUT2D eigenvalue weighted by Gasteiger charge is -2.06. The van der Waals surface area contributed by atoms with E-state index in [2.05, 4.69) is 10.1 Å². The molecule has 0 aliphatic carbocycles. The highest BCUT2D eigenvalue weighted by Gasteiger charge is 2.24. The van der Waals surface area contributed by atoms with Gasteiger partial charge in [0.05, 0.1) is 12.7 Å². The lowest BCUT2D eigenvalue weighted by Crippen LogP contribution is -2.05. The summed E-state index contributed by atoms with van der Waals surface area (Å²) in [6.07, 6.45) is 10.0. The third kappa shape index (κ3) is 4.67. The number of carbonyl (C=O) groups is 1. The molecule has 5 nitrogen and oxygen atoms in total. The van der Waals surface area contributed by atoms with Crippen LogP contribution in [0.1, 0.15) is 31.4 Å². The van der Waals surface area contributed by atoms with Gasteiger partial charge in [-0.25, -0.2) is 9.79 Å². The van der Waals surface area contributed by atoms with Gasteiger partial charge in [0.25, 0.3) is 0 Å². The number of hydrogen-bond donors (Lipinski definition) is 0. The Bertz CT molecular complexity index is 1260. The molecule has 4 rings (SSSR count). The lowest BCUT2D eigenvalue weighted by molar-refractivity contribution is -0.129. The zero-order valence-electron chi connectivity index (χ0n) is 17.4. The molecule has 31 heavy (non-hydrogen) atoms. The Morgan fingerprint density at radius 1 is 1.19 bits per heavy atom. The van der Waals surface area contributed by atoms with E-state index in [1.165, 1.54) is 0 Å². The second-order valence-electron chi connectivity index (χ2n) is 7.14. The first-order valence-corrected chi connectivity index (χ1v) is 10.5. The molecule has 2 aromatic carbocycles. The van der Waals surface area contributed by atoms with E-state index in [-0.39, 0.29) is 5.70 Å². The summed E-state index contributed by atoms with van der Waals surface area (Å²) in [5.74, 6) is -0.166. The summed E-state index contributed by atoms with van der Waals surface area (Å²) in [5.41, 5.74) is 2.77. The van der Waals surface area contributed by atoms with Crippen LogP contribution in [0.15, 0.2) is 88.3 Å². The van der Waals surface area contributed by atoms with E-state index < -0.39 is 5.97 Å². The normalized spacial score (nSPS) is 16.2. The van der Waals surface area contributed by atoms with Crippen LogP contribution in [0.2, 0.25) is 0 Å². The van der Waals surface area contributed by atoms with Gasteiger partial charge in [-0.2, -0.15) is 5.10 Å². The fraction of sp³-hybridized carbons (Fsp3) is 0.160. The molecule has 156 valence electrons. The number of cyclic esters (lactones) is 1. The quantitative estimate of drug-likeness (QED) is 0.279. The van der Waals surface area contributed by atoms with Crippen molar-refractivity contribution in [3.63, 3.8) is 0 Å². The number of aromatic nitrogens is 2. The Kier molecular flexibility index (Phi) is 6.14. The van der Waals surface area contributed by atoms with Crippen LogP contribution in [-0.2, 0) is 16.1 Å². The monoisotopic (exact) mass is 431 g/mol. The molecule has 0 atom stereocenters. The maximum atomic E-state index is 12.4. The van der Waals surface area contributed by atoms with Gasteiger partial charge >= 0.3 is 5.97 Å². The minimum atomic E-state index is -0.473. The van der Waals surface area contributed by atoms with Crippen molar-refractivity contribution >= 4 is 40.3 Å². The molecule has 0 saturated heterocycles. The summed E-state index contributed by atoms with van der Waals surface area (Å²) in [6.45, 7) is 4.54. The average Bonchev–Trinajstić information content (AvgIpc) is 3.38. The van der Waals surface area contributed by atoms with Crippen molar-refractivity contribution in [2.24, 2.45) is 4.99 Å². The first kappa shape index (κ1) is 20.8. The molecule has 0 N–H and O–H groups in total. The smallest absolute Gasteiger partial charge is 0.363 e. The van der Waals surface area contributed by atoms with E-state index in [1.807, 2.05) is 74.7 Å². The zero-order valence-corrected chi connectivity index (χ0v) is 18.1. The Balaban J connectivity index is 1.55. The van der Waals surface area contributed by atoms with E-state index >= 15 is 0 Å². The largest absolute Gasteiger partial charge is 0.402 e. The van der Waals surface area contributed by atoms with Crippen LogP contribution in [0, 0.1) is 0 Å². The first-order valence-electron chi connectivity index (χ1n) is 10.1. The molecule has 0 unspecified atom stereocenters. The molecule has 0 radical (unpaired) electrons. The van der Waals surface area contributed by atoms with Crippen LogP contribution in [-0.4, -0.2) is 21.6 Å². The number of carbonyl (C=O) groups excluding carboxylic acids is 1. The van der Waals surface area contributed by atoms with Gasteiger partial charge in [-0.15, -0.1) is 0 Å². The lowest BCUT2D eigenvalue weighted by atomic mass is 10.1. The van der Waals surface area contributed by atoms with E-state index in [9.17, 15) is 4.79 Å². The number of fused-ring (bicyclic) bond motifs is 1. The summed E-state index contributed by atoms with van der Waals surface area (Å²) in [7, 11) is 0. The van der Waals surface area contributed by atoms with Gasteiger partial charge in [0.2, 0.25) is 5.90 Å². The fourth-order valence-electron chi connectivity index (χ4n) is 3.34. The van der Waals surface area contributed by atoms with Gasteiger partial charge in [0.1, 0.15) is 0 Å². The molecule has 0 saturated carbocycles. The summed E-state index contributed by atoms with van der Waals surface area (Å²) in [5, 5.41) is 7.28. The van der Waals surface area contributed by atoms with Gasteiger partial charge in [0.15, 0.2) is 5.70 Å². The minimum Gasteiger partial charge on any atom is -0.402 e. The number of ether oxygens (including phenoxy) is 1. The second kappa shape index (κ2) is 9.14. The highest BCUT2D eigenvalue weighted by atomic mass is 35.5. The van der Waals surface area contributed by atoms with E-state index in [0.717, 1.165) is 38.9 Å². The Morgan fingerprint density at radius 3 is 2.77 bits per heavy atom. The summed E-state index contributed by atoms with van der Waals surface area (Å²) < 4.78 is 7.19. The van der Waals surface area contributed by atoms with Crippen LogP contribution in [0.3, 0.4) is 0 Å². The molecule has 1 aliphatic heterocycles. The van der Waals surface area contributed by atoms with Crippen LogP contribution >= 0.6 is 11.6 Å². The standard InChI is InChI=1S/C25H22ClN3O2/c1-3-7-22(26)18(4-2)16-29-15-17(14-27-29)12-23-25(30)31-24(28-23)21-11-10-19-8-5-6-9-20(19)13-21/h4-15H,3,16H2,1-2H3/b18-4-,22-7+,23-12+. The van der Waals surface area contributed by atoms with E-state index in [0.29, 0.717) is 12.4 Å². The number of benzene rings is 2. The molecule has 0 spiro atoms. The predicted molar refractivity (Wildman–Crippen MR) is 125 cm³/mol. The van der Waals surface area contributed by atoms with Gasteiger partial charge in [-0.1, -0.05) is 61.0 Å². The molecule has 1 aromatic heterocycles. The highest BCUT2D eigenvalue weighted by molar-refractivity contribution is 6.31. The number of halogens is 1. The maximum Gasteiger partial charge on any atom is 0.363 e. The molecular weight excluding hydrogens is 410 g/mol. The van der Waals surface area contributed by atoms with E-state index in [1.54, 1.807) is 17.0 Å². The number of allylic oxidation sites excluding steroid dienone is 4. The number of rotatable bonds is 6. The minimum absolute atomic E-state index is 0.248. The summed E-state index contributed by atoms with van der Waals surface area (Å²) in [4.78, 5) is 16.8. The van der Waals surface area contributed by atoms with Crippen molar-refractivity contribution < 1.29 is 9.53 Å². The molecule has 2 heterocycles. The van der Waals surface area contributed by atoms with Crippen molar-refractivity contribution in [1.82, 2.24) is 9.78 Å². The average molecular weight is 432 g/mol. The van der Waals surface area contributed by atoms with Gasteiger partial charge < -0.3 is 4.74 Å². The van der Waals surface area contributed by atoms with Crippen LogP contribution < -0.4 is 0 Å².